The van der Waals surface area contributed by atoms with Crippen molar-refractivity contribution in [2.24, 2.45) is 0 Å². The molecule has 1 aliphatic rings. The molecule has 1 heterocycles. The smallest absolute Gasteiger partial charge is 0.251 e. The van der Waals surface area contributed by atoms with Crippen LogP contribution >= 0.6 is 12.2 Å². The van der Waals surface area contributed by atoms with Crippen molar-refractivity contribution in [3.05, 3.63) is 0 Å². The third-order valence-corrected chi connectivity index (χ3v) is 2.78. The molecule has 0 radical (unpaired) electrons. The van der Waals surface area contributed by atoms with Crippen molar-refractivity contribution in [3.8, 4) is 0 Å². The molecule has 0 aromatic carbocycles. The second-order valence-electron chi connectivity index (χ2n) is 3.45. The first-order valence-electron chi connectivity index (χ1n) is 4.78. The van der Waals surface area contributed by atoms with Gasteiger partial charge in [-0.25, -0.2) is 0 Å². The Morgan fingerprint density at radius 3 is 2.54 bits per heavy atom. The van der Waals surface area contributed by atoms with Gasteiger partial charge in [-0.05, 0) is 25.1 Å². The van der Waals surface area contributed by atoms with Crippen molar-refractivity contribution >= 4 is 23.2 Å². The Kier molecular flexibility index (Phi) is 3.25. The van der Waals surface area contributed by atoms with Crippen LogP contribution in [0.25, 0.3) is 0 Å². The van der Waals surface area contributed by atoms with Crippen molar-refractivity contribution in [1.82, 2.24) is 10.6 Å². The highest BCUT2D eigenvalue weighted by Gasteiger charge is 2.41. The summed E-state index contributed by atoms with van der Waals surface area (Å²) in [5.74, 6) is 0.0356. The van der Waals surface area contributed by atoms with Gasteiger partial charge in [0.25, 0.3) is 5.91 Å². The van der Waals surface area contributed by atoms with Crippen LogP contribution in [0.3, 0.4) is 0 Å². The Labute approximate surface area is 84.3 Å². The van der Waals surface area contributed by atoms with E-state index in [1.165, 1.54) is 0 Å². The molecule has 1 amide bonds. The minimum atomic E-state index is -0.424. The molecule has 74 valence electrons. The Bertz CT molecular complexity index is 230. The first-order valence-corrected chi connectivity index (χ1v) is 5.19. The fraction of sp³-hybridized carbons (Fsp3) is 0.778. The highest BCUT2D eigenvalue weighted by molar-refractivity contribution is 7.80. The molecule has 1 saturated heterocycles. The quantitative estimate of drug-likeness (QED) is 0.673. The van der Waals surface area contributed by atoms with Gasteiger partial charge in [0.05, 0.1) is 0 Å². The van der Waals surface area contributed by atoms with E-state index in [0.29, 0.717) is 5.11 Å². The van der Waals surface area contributed by atoms with E-state index in [4.69, 9.17) is 12.2 Å². The highest BCUT2D eigenvalue weighted by atomic mass is 32.1. The molecule has 2 N–H and O–H groups in total. The van der Waals surface area contributed by atoms with Crippen LogP contribution in [0.5, 0.6) is 0 Å². The van der Waals surface area contributed by atoms with Crippen LogP contribution in [0, 0.1) is 0 Å². The molecular weight excluding hydrogens is 184 g/mol. The van der Waals surface area contributed by atoms with Crippen LogP contribution in [0.1, 0.15) is 39.5 Å². The van der Waals surface area contributed by atoms with Gasteiger partial charge in [-0.2, -0.15) is 0 Å². The van der Waals surface area contributed by atoms with E-state index >= 15 is 0 Å². The predicted molar refractivity (Wildman–Crippen MR) is 56.4 cm³/mol. The SMILES string of the molecule is CCCCC1(CC)NC(=S)NC1=O. The van der Waals surface area contributed by atoms with Crippen LogP contribution in [0.4, 0.5) is 0 Å². The Morgan fingerprint density at radius 2 is 2.15 bits per heavy atom. The van der Waals surface area contributed by atoms with Crippen LogP contribution in [-0.4, -0.2) is 16.6 Å². The molecule has 0 aromatic heterocycles. The number of hydrogen-bond donors (Lipinski definition) is 2. The normalized spacial score (nSPS) is 27.2. The fourth-order valence-electron chi connectivity index (χ4n) is 1.61. The number of thiocarbonyl (C=S) groups is 1. The zero-order valence-corrected chi connectivity index (χ0v) is 8.96. The van der Waals surface area contributed by atoms with Crippen molar-refractivity contribution < 1.29 is 4.79 Å². The summed E-state index contributed by atoms with van der Waals surface area (Å²) in [7, 11) is 0. The van der Waals surface area contributed by atoms with Gasteiger partial charge in [0.15, 0.2) is 5.11 Å². The van der Waals surface area contributed by atoms with Crippen molar-refractivity contribution in [1.29, 1.82) is 0 Å². The Morgan fingerprint density at radius 1 is 1.46 bits per heavy atom. The molecule has 0 bridgehead atoms. The van der Waals surface area contributed by atoms with E-state index < -0.39 is 5.54 Å². The second-order valence-corrected chi connectivity index (χ2v) is 3.86. The van der Waals surface area contributed by atoms with Gasteiger partial charge in [-0.3, -0.25) is 4.79 Å². The zero-order valence-electron chi connectivity index (χ0n) is 8.14. The fourth-order valence-corrected chi connectivity index (χ4v) is 1.90. The number of unbranched alkanes of at least 4 members (excludes halogenated alkanes) is 1. The molecule has 13 heavy (non-hydrogen) atoms. The predicted octanol–water partition coefficient (Wildman–Crippen LogP) is 1.33. The number of amides is 1. The Hall–Kier alpha value is -0.640. The molecule has 0 aliphatic carbocycles. The number of carbonyl (C=O) groups excluding carboxylic acids is 1. The maximum absolute atomic E-state index is 11.6. The largest absolute Gasteiger partial charge is 0.348 e. The number of carbonyl (C=O) groups is 1. The van der Waals surface area contributed by atoms with Crippen molar-refractivity contribution in [3.63, 3.8) is 0 Å². The molecule has 0 spiro atoms. The number of nitrogens with one attached hydrogen (secondary N) is 2. The summed E-state index contributed by atoms with van der Waals surface area (Å²) in [4.78, 5) is 11.6. The molecule has 1 fully saturated rings. The average Bonchev–Trinajstić information content (AvgIpc) is 2.38. The van der Waals surface area contributed by atoms with Crippen LogP contribution in [0.2, 0.25) is 0 Å². The number of rotatable bonds is 4. The summed E-state index contributed by atoms with van der Waals surface area (Å²) >= 11 is 4.92. The van der Waals surface area contributed by atoms with Gasteiger partial charge < -0.3 is 10.6 Å². The lowest BCUT2D eigenvalue weighted by Gasteiger charge is -2.24. The lowest BCUT2D eigenvalue weighted by Crippen LogP contribution is -2.46. The maximum atomic E-state index is 11.6. The summed E-state index contributed by atoms with van der Waals surface area (Å²) < 4.78 is 0. The van der Waals surface area contributed by atoms with Gasteiger partial charge in [0, 0.05) is 0 Å². The third-order valence-electron chi connectivity index (χ3n) is 2.58. The molecule has 1 rings (SSSR count). The molecule has 1 aliphatic heterocycles. The van der Waals surface area contributed by atoms with Gasteiger partial charge >= 0.3 is 0 Å². The highest BCUT2D eigenvalue weighted by Crippen LogP contribution is 2.22. The minimum absolute atomic E-state index is 0.0356. The standard InChI is InChI=1S/C9H16N2OS/c1-3-5-6-9(4-2)7(12)10-8(13)11-9/h3-6H2,1-2H3,(H2,10,11,12,13). The van der Waals surface area contributed by atoms with Gasteiger partial charge in [0.2, 0.25) is 0 Å². The van der Waals surface area contributed by atoms with Crippen LogP contribution < -0.4 is 10.6 Å². The van der Waals surface area contributed by atoms with E-state index in [0.717, 1.165) is 25.7 Å². The topological polar surface area (TPSA) is 41.1 Å². The van der Waals surface area contributed by atoms with E-state index in [-0.39, 0.29) is 5.91 Å². The Balaban J connectivity index is 2.68. The molecule has 1 atom stereocenters. The second kappa shape index (κ2) is 4.05. The molecule has 3 nitrogen and oxygen atoms in total. The van der Waals surface area contributed by atoms with Crippen LogP contribution in [0.15, 0.2) is 0 Å². The summed E-state index contributed by atoms with van der Waals surface area (Å²) in [6.45, 7) is 4.13. The average molecular weight is 200 g/mol. The summed E-state index contributed by atoms with van der Waals surface area (Å²) in [6.07, 6.45) is 3.81. The molecule has 1 unspecified atom stereocenters. The third kappa shape index (κ3) is 1.99. The first kappa shape index (κ1) is 10.4. The number of hydrogen-bond acceptors (Lipinski definition) is 2. The van der Waals surface area contributed by atoms with Gasteiger partial charge in [-0.15, -0.1) is 0 Å². The van der Waals surface area contributed by atoms with E-state index in [9.17, 15) is 4.79 Å². The molecule has 4 heteroatoms. The monoisotopic (exact) mass is 200 g/mol. The van der Waals surface area contributed by atoms with Gasteiger partial charge in [-0.1, -0.05) is 26.7 Å². The summed E-state index contributed by atoms with van der Waals surface area (Å²) in [6, 6.07) is 0. The van der Waals surface area contributed by atoms with Crippen molar-refractivity contribution in [2.75, 3.05) is 0 Å². The van der Waals surface area contributed by atoms with Crippen LogP contribution in [-0.2, 0) is 4.79 Å². The molecule has 0 saturated carbocycles. The first-order chi connectivity index (χ1) is 6.14. The minimum Gasteiger partial charge on any atom is -0.348 e. The maximum Gasteiger partial charge on any atom is 0.251 e. The van der Waals surface area contributed by atoms with Gasteiger partial charge in [0.1, 0.15) is 5.54 Å². The lowest BCUT2D eigenvalue weighted by molar-refractivity contribution is -0.124. The summed E-state index contributed by atoms with van der Waals surface area (Å²) in [5, 5.41) is 6.20. The van der Waals surface area contributed by atoms with E-state index in [2.05, 4.69) is 17.6 Å². The summed E-state index contributed by atoms with van der Waals surface area (Å²) in [5.41, 5.74) is -0.424. The lowest BCUT2D eigenvalue weighted by atomic mass is 9.90. The zero-order chi connectivity index (χ0) is 9.90. The van der Waals surface area contributed by atoms with Crippen molar-refractivity contribution in [2.45, 2.75) is 45.1 Å². The van der Waals surface area contributed by atoms with E-state index in [1.54, 1.807) is 0 Å². The molecule has 0 aromatic rings. The molecular formula is C9H16N2OS. The van der Waals surface area contributed by atoms with E-state index in [1.807, 2.05) is 6.92 Å².